The van der Waals surface area contributed by atoms with Crippen LogP contribution >= 0.6 is 0 Å². The number of unbranched alkanes of at least 4 members (excludes halogenated alkanes) is 1. The predicted molar refractivity (Wildman–Crippen MR) is 118 cm³/mol. The minimum Gasteiger partial charge on any atom is -0.481 e. The van der Waals surface area contributed by atoms with Crippen LogP contribution in [0.15, 0.2) is 0 Å². The maximum Gasteiger partial charge on any atom is 0.303 e. The molecule has 10 atom stereocenters. The molecule has 4 heteroatoms. The highest BCUT2D eigenvalue weighted by Gasteiger charge is 2.62. The second-order valence-corrected chi connectivity index (χ2v) is 12.1. The molecule has 4 aliphatic carbocycles. The standard InChI is InChI=1S/C26H44O4/c1-16(6-4-5-7-23(29)30)19-8-9-20-24-21(11-13-26(19,20)3)25(2)12-10-18(27)14-17(25)15-22(24)28/h16-22,24,27-28H,4-15H2,1-3H3,(H,29,30)/t16-,17+,18-,19?,20+,21+,22+,24+,25+,26-/m1/s1. The van der Waals surface area contributed by atoms with Crippen LogP contribution in [0.3, 0.4) is 0 Å². The summed E-state index contributed by atoms with van der Waals surface area (Å²) in [6.07, 6.45) is 11.7. The SMILES string of the molecule is C[C@H](CCCCC(=O)O)C1CC[C@H]2[C@@H]3[C@@H](O)C[C@@H]4C[C@H](O)CC[C@]4(C)[C@H]3CC[C@]12C. The molecule has 4 fully saturated rings. The lowest BCUT2D eigenvalue weighted by atomic mass is 9.43. The summed E-state index contributed by atoms with van der Waals surface area (Å²) in [5.74, 6) is 2.82. The smallest absolute Gasteiger partial charge is 0.303 e. The van der Waals surface area contributed by atoms with Crippen LogP contribution in [0.1, 0.15) is 97.8 Å². The molecular formula is C26H44O4. The maximum absolute atomic E-state index is 11.3. The first-order valence-electron chi connectivity index (χ1n) is 12.7. The Labute approximate surface area is 182 Å². The van der Waals surface area contributed by atoms with Crippen LogP contribution in [0.2, 0.25) is 0 Å². The third-order valence-corrected chi connectivity index (χ3v) is 10.7. The minimum absolute atomic E-state index is 0.168. The summed E-state index contributed by atoms with van der Waals surface area (Å²) in [6.45, 7) is 7.39. The number of rotatable bonds is 6. The van der Waals surface area contributed by atoms with E-state index in [4.69, 9.17) is 5.11 Å². The molecule has 4 nitrogen and oxygen atoms in total. The van der Waals surface area contributed by atoms with Gasteiger partial charge in [-0.2, -0.15) is 0 Å². The highest BCUT2D eigenvalue weighted by Crippen LogP contribution is 2.68. The van der Waals surface area contributed by atoms with Crippen molar-refractivity contribution in [2.45, 2.75) is 110 Å². The van der Waals surface area contributed by atoms with Gasteiger partial charge in [0.05, 0.1) is 12.2 Å². The molecule has 0 radical (unpaired) electrons. The Balaban J connectivity index is 1.47. The number of carboxylic acids is 1. The maximum atomic E-state index is 11.3. The van der Waals surface area contributed by atoms with E-state index in [-0.39, 0.29) is 12.2 Å². The van der Waals surface area contributed by atoms with Gasteiger partial charge in [-0.25, -0.2) is 0 Å². The lowest BCUT2D eigenvalue weighted by Crippen LogP contribution is -2.58. The molecule has 0 spiro atoms. The van der Waals surface area contributed by atoms with Crippen LogP contribution in [0.25, 0.3) is 0 Å². The average molecular weight is 421 g/mol. The van der Waals surface area contributed by atoms with Gasteiger partial charge in [-0.3, -0.25) is 4.79 Å². The van der Waals surface area contributed by atoms with Crippen LogP contribution in [0.4, 0.5) is 0 Å². The van der Waals surface area contributed by atoms with Crippen molar-refractivity contribution in [3.8, 4) is 0 Å². The lowest BCUT2D eigenvalue weighted by molar-refractivity contribution is -0.174. The van der Waals surface area contributed by atoms with Gasteiger partial charge < -0.3 is 15.3 Å². The van der Waals surface area contributed by atoms with Gasteiger partial charge in [-0.05, 0) is 104 Å². The number of fused-ring (bicyclic) bond motifs is 5. The molecule has 0 aromatic carbocycles. The van der Waals surface area contributed by atoms with Crippen LogP contribution in [-0.2, 0) is 4.79 Å². The van der Waals surface area contributed by atoms with Gasteiger partial charge in [0.15, 0.2) is 0 Å². The summed E-state index contributed by atoms with van der Waals surface area (Å²) in [7, 11) is 0. The van der Waals surface area contributed by atoms with E-state index in [1.807, 2.05) is 0 Å². The van der Waals surface area contributed by atoms with Gasteiger partial charge in [-0.1, -0.05) is 33.6 Å². The largest absolute Gasteiger partial charge is 0.481 e. The number of aliphatic carboxylic acids is 1. The molecule has 0 aromatic heterocycles. The molecule has 0 bridgehead atoms. The summed E-state index contributed by atoms with van der Waals surface area (Å²) in [5, 5.41) is 30.5. The van der Waals surface area contributed by atoms with Crippen LogP contribution in [0, 0.1) is 46.3 Å². The second kappa shape index (κ2) is 8.39. The Morgan fingerprint density at radius 1 is 0.967 bits per heavy atom. The Morgan fingerprint density at radius 3 is 2.40 bits per heavy atom. The van der Waals surface area contributed by atoms with Gasteiger partial charge in [0.2, 0.25) is 0 Å². The Morgan fingerprint density at radius 2 is 1.67 bits per heavy atom. The molecule has 4 aliphatic rings. The number of aliphatic hydroxyl groups excluding tert-OH is 2. The molecule has 4 rings (SSSR count). The van der Waals surface area contributed by atoms with Crippen molar-refractivity contribution in [1.29, 1.82) is 0 Å². The molecule has 1 unspecified atom stereocenters. The number of carboxylic acid groups (broad SMARTS) is 1. The Bertz CT molecular complexity index is 635. The van der Waals surface area contributed by atoms with Crippen molar-refractivity contribution in [2.24, 2.45) is 46.3 Å². The highest BCUT2D eigenvalue weighted by molar-refractivity contribution is 5.66. The van der Waals surface area contributed by atoms with E-state index >= 15 is 0 Å². The van der Waals surface area contributed by atoms with Gasteiger partial charge in [0, 0.05) is 6.42 Å². The minimum atomic E-state index is -0.679. The van der Waals surface area contributed by atoms with Gasteiger partial charge >= 0.3 is 5.97 Å². The fourth-order valence-corrected chi connectivity index (χ4v) is 9.12. The van der Waals surface area contributed by atoms with Crippen molar-refractivity contribution in [2.75, 3.05) is 0 Å². The molecule has 0 amide bonds. The van der Waals surface area contributed by atoms with Crippen LogP contribution in [0.5, 0.6) is 0 Å². The Hall–Kier alpha value is -0.610. The zero-order chi connectivity index (χ0) is 21.7. The molecule has 3 N–H and O–H groups in total. The topological polar surface area (TPSA) is 77.8 Å². The molecule has 30 heavy (non-hydrogen) atoms. The van der Waals surface area contributed by atoms with E-state index in [2.05, 4.69) is 20.8 Å². The molecule has 0 aromatic rings. The van der Waals surface area contributed by atoms with Crippen LogP contribution < -0.4 is 0 Å². The zero-order valence-corrected chi connectivity index (χ0v) is 19.4. The summed E-state index contributed by atoms with van der Waals surface area (Å²) in [5.41, 5.74) is 0.622. The van der Waals surface area contributed by atoms with Gasteiger partial charge in [-0.15, -0.1) is 0 Å². The number of hydrogen-bond donors (Lipinski definition) is 3. The van der Waals surface area contributed by atoms with Crippen molar-refractivity contribution >= 4 is 5.97 Å². The van der Waals surface area contributed by atoms with Gasteiger partial charge in [0.1, 0.15) is 0 Å². The third-order valence-electron chi connectivity index (χ3n) is 10.7. The summed E-state index contributed by atoms with van der Waals surface area (Å²) >= 11 is 0. The predicted octanol–water partition coefficient (Wildman–Crippen LogP) is 5.26. The molecule has 172 valence electrons. The van der Waals surface area contributed by atoms with Crippen molar-refractivity contribution in [3.63, 3.8) is 0 Å². The number of aliphatic hydroxyl groups is 2. The number of carbonyl (C=O) groups is 1. The highest BCUT2D eigenvalue weighted by atomic mass is 16.4. The second-order valence-electron chi connectivity index (χ2n) is 12.1. The first-order chi connectivity index (χ1) is 14.2. The zero-order valence-electron chi connectivity index (χ0n) is 19.4. The first-order valence-corrected chi connectivity index (χ1v) is 12.7. The van der Waals surface area contributed by atoms with Crippen molar-refractivity contribution < 1.29 is 20.1 Å². The molecule has 4 saturated carbocycles. The lowest BCUT2D eigenvalue weighted by Gasteiger charge is -2.62. The summed E-state index contributed by atoms with van der Waals surface area (Å²) in [4.78, 5) is 10.8. The quantitative estimate of drug-likeness (QED) is 0.512. The fourth-order valence-electron chi connectivity index (χ4n) is 9.12. The van der Waals surface area contributed by atoms with E-state index in [0.717, 1.165) is 44.9 Å². The normalized spacial score (nSPS) is 49.0. The fraction of sp³-hybridized carbons (Fsp3) is 0.962. The van der Waals surface area contributed by atoms with E-state index < -0.39 is 5.97 Å². The molecular weight excluding hydrogens is 376 g/mol. The molecule has 0 saturated heterocycles. The molecule has 0 heterocycles. The third kappa shape index (κ3) is 3.74. The van der Waals surface area contributed by atoms with Gasteiger partial charge in [0.25, 0.3) is 0 Å². The molecule has 0 aliphatic heterocycles. The summed E-state index contributed by atoms with van der Waals surface area (Å²) in [6, 6.07) is 0. The van der Waals surface area contributed by atoms with E-state index in [9.17, 15) is 15.0 Å². The van der Waals surface area contributed by atoms with E-state index in [0.29, 0.717) is 52.8 Å². The summed E-state index contributed by atoms with van der Waals surface area (Å²) < 4.78 is 0. The van der Waals surface area contributed by atoms with Crippen molar-refractivity contribution in [3.05, 3.63) is 0 Å². The average Bonchev–Trinajstić information content (AvgIpc) is 3.03. The van der Waals surface area contributed by atoms with E-state index in [1.54, 1.807) is 0 Å². The monoisotopic (exact) mass is 420 g/mol. The van der Waals surface area contributed by atoms with Crippen molar-refractivity contribution in [1.82, 2.24) is 0 Å². The Kier molecular flexibility index (Phi) is 6.31. The van der Waals surface area contributed by atoms with E-state index in [1.165, 1.54) is 25.7 Å². The van der Waals surface area contributed by atoms with Crippen LogP contribution in [-0.4, -0.2) is 33.5 Å². The first kappa shape index (κ1) is 22.6. The number of hydrogen-bond acceptors (Lipinski definition) is 3.